The number of aromatic nitrogens is 5. The van der Waals surface area contributed by atoms with Gasteiger partial charge in [-0.15, -0.1) is 5.10 Å². The number of benzene rings is 5. The van der Waals surface area contributed by atoms with Crippen molar-refractivity contribution in [3.8, 4) is 39.7 Å². The lowest BCUT2D eigenvalue weighted by Crippen LogP contribution is -2.18. The van der Waals surface area contributed by atoms with Crippen LogP contribution in [0.25, 0.3) is 44.5 Å². The summed E-state index contributed by atoms with van der Waals surface area (Å²) in [6.45, 7) is 0. The van der Waals surface area contributed by atoms with Crippen molar-refractivity contribution in [2.45, 2.75) is 18.8 Å². The van der Waals surface area contributed by atoms with E-state index in [0.717, 1.165) is 18.2 Å². The molecular formula is C40H26F6N8O2. The Morgan fingerprint density at radius 3 is 1.98 bits per heavy atom. The number of nitrogens with one attached hydrogen (secondary N) is 3. The number of rotatable bonds is 8. The van der Waals surface area contributed by atoms with Crippen LogP contribution in [-0.4, -0.2) is 37.0 Å². The number of anilines is 2. The molecule has 0 unspecified atom stereocenters. The van der Waals surface area contributed by atoms with E-state index in [-0.39, 0.29) is 68.0 Å². The van der Waals surface area contributed by atoms with E-state index in [9.17, 15) is 41.2 Å². The fraction of sp³-hybridized carbons (Fsp3) is 0.100. The fourth-order valence-electron chi connectivity index (χ4n) is 6.59. The molecule has 0 radical (unpaired) electrons. The van der Waals surface area contributed by atoms with Crippen LogP contribution in [0.2, 0.25) is 0 Å². The van der Waals surface area contributed by atoms with E-state index in [1.807, 2.05) is 6.07 Å². The molecule has 2 heterocycles. The first-order chi connectivity index (χ1) is 26.7. The highest BCUT2D eigenvalue weighted by atomic mass is 19.4. The van der Waals surface area contributed by atoms with E-state index in [1.165, 1.54) is 72.3 Å². The summed E-state index contributed by atoms with van der Waals surface area (Å²) in [6.07, 6.45) is -9.98. The molecule has 280 valence electrons. The van der Waals surface area contributed by atoms with Gasteiger partial charge in [0.1, 0.15) is 5.69 Å². The van der Waals surface area contributed by atoms with Crippen molar-refractivity contribution in [3.63, 3.8) is 0 Å². The number of halogens is 6. The van der Waals surface area contributed by atoms with Gasteiger partial charge in [0.05, 0.1) is 46.1 Å². The van der Waals surface area contributed by atoms with Gasteiger partial charge in [-0.05, 0) is 75.1 Å². The van der Waals surface area contributed by atoms with Crippen molar-refractivity contribution in [1.82, 2.24) is 25.2 Å². The molecule has 7 rings (SSSR count). The largest absolute Gasteiger partial charge is 0.417 e. The zero-order valence-electron chi connectivity index (χ0n) is 28.9. The minimum absolute atomic E-state index is 0.0251. The molecule has 0 fully saturated rings. The van der Waals surface area contributed by atoms with Crippen LogP contribution in [0.5, 0.6) is 0 Å². The van der Waals surface area contributed by atoms with Crippen molar-refractivity contribution < 1.29 is 35.9 Å². The van der Waals surface area contributed by atoms with Crippen molar-refractivity contribution >= 4 is 34.1 Å². The van der Waals surface area contributed by atoms with Crippen LogP contribution in [0.15, 0.2) is 109 Å². The first-order valence-electron chi connectivity index (χ1n) is 16.7. The number of amides is 2. The van der Waals surface area contributed by atoms with Gasteiger partial charge in [0, 0.05) is 23.6 Å². The number of fused-ring (bicyclic) bond motifs is 1. The monoisotopic (exact) mass is 764 g/mol. The summed E-state index contributed by atoms with van der Waals surface area (Å²) in [7, 11) is 1.41. The van der Waals surface area contributed by atoms with Gasteiger partial charge >= 0.3 is 12.4 Å². The molecule has 0 aliphatic rings. The molecule has 0 saturated heterocycles. The molecule has 0 spiro atoms. The van der Waals surface area contributed by atoms with Gasteiger partial charge in [0.25, 0.3) is 5.91 Å². The molecule has 5 aromatic carbocycles. The smallest absolute Gasteiger partial charge is 0.338 e. The molecule has 16 heteroatoms. The fourth-order valence-corrected chi connectivity index (χ4v) is 6.59. The van der Waals surface area contributed by atoms with Crippen LogP contribution in [0, 0.1) is 11.3 Å². The Labute approximate surface area is 313 Å². The molecule has 3 N–H and O–H groups in total. The molecule has 0 aliphatic heterocycles. The van der Waals surface area contributed by atoms with Crippen LogP contribution in [-0.2, 0) is 30.6 Å². The van der Waals surface area contributed by atoms with E-state index in [1.54, 1.807) is 30.3 Å². The van der Waals surface area contributed by atoms with E-state index >= 15 is 0 Å². The van der Waals surface area contributed by atoms with Gasteiger partial charge in [-0.3, -0.25) is 9.59 Å². The second-order valence-corrected chi connectivity index (χ2v) is 12.6. The standard InChI is InChI=1S/C40H26F6N8O2/c1-54-33(38(56)48-32-16-15-23(21-47)17-29(32)37-50-52-53-51-37)20-28-26(24-11-5-7-13-30(24)39(41,42)43)19-27(25-12-6-8-14-31(25)40(44,45)46)35(36(28)54)49-34(55)18-22-9-3-2-4-10-22/h2-17,19-20H,18H2,1H3,(H,48,56)(H,49,55)(H,50,51,52,53). The van der Waals surface area contributed by atoms with E-state index in [2.05, 4.69) is 31.3 Å². The number of hydrogen-bond acceptors (Lipinski definition) is 6. The number of alkyl halides is 6. The highest BCUT2D eigenvalue weighted by Crippen LogP contribution is 2.48. The maximum Gasteiger partial charge on any atom is 0.417 e. The molecule has 0 aliphatic carbocycles. The lowest BCUT2D eigenvalue weighted by atomic mass is 9.89. The number of tetrazole rings is 1. The van der Waals surface area contributed by atoms with E-state index in [4.69, 9.17) is 0 Å². The number of aromatic amines is 1. The third-order valence-electron chi connectivity index (χ3n) is 9.07. The number of carbonyl (C=O) groups is 2. The predicted molar refractivity (Wildman–Crippen MR) is 195 cm³/mol. The second kappa shape index (κ2) is 14.5. The number of hydrogen-bond donors (Lipinski definition) is 3. The molecule has 0 bridgehead atoms. The highest BCUT2D eigenvalue weighted by molar-refractivity contribution is 6.16. The van der Waals surface area contributed by atoms with Gasteiger partial charge in [-0.25, -0.2) is 5.10 Å². The Balaban J connectivity index is 1.50. The summed E-state index contributed by atoms with van der Waals surface area (Å²) < 4.78 is 88.9. The zero-order valence-corrected chi connectivity index (χ0v) is 28.9. The highest BCUT2D eigenvalue weighted by Gasteiger charge is 2.37. The van der Waals surface area contributed by atoms with Crippen molar-refractivity contribution in [3.05, 3.63) is 137 Å². The molecule has 56 heavy (non-hydrogen) atoms. The number of H-pyrrole nitrogens is 1. The zero-order chi connectivity index (χ0) is 39.8. The van der Waals surface area contributed by atoms with Crippen LogP contribution >= 0.6 is 0 Å². The average Bonchev–Trinajstić information content (AvgIpc) is 3.84. The van der Waals surface area contributed by atoms with Crippen molar-refractivity contribution in [2.24, 2.45) is 7.05 Å². The third-order valence-corrected chi connectivity index (χ3v) is 9.07. The van der Waals surface area contributed by atoms with Crippen LogP contribution < -0.4 is 10.6 Å². The maximum absolute atomic E-state index is 14.6. The van der Waals surface area contributed by atoms with Crippen LogP contribution in [0.1, 0.15) is 32.7 Å². The Bertz CT molecular complexity index is 2660. The molecular weight excluding hydrogens is 738 g/mol. The van der Waals surface area contributed by atoms with Crippen molar-refractivity contribution in [1.29, 1.82) is 5.26 Å². The van der Waals surface area contributed by atoms with Gasteiger partial charge in [-0.2, -0.15) is 31.6 Å². The van der Waals surface area contributed by atoms with E-state index < -0.39 is 40.9 Å². The molecule has 7 aromatic rings. The number of nitriles is 1. The Kier molecular flexibility index (Phi) is 9.60. The van der Waals surface area contributed by atoms with E-state index in [0.29, 0.717) is 5.56 Å². The summed E-state index contributed by atoms with van der Waals surface area (Å²) >= 11 is 0. The Morgan fingerprint density at radius 1 is 0.750 bits per heavy atom. The molecule has 10 nitrogen and oxygen atoms in total. The summed E-state index contributed by atoms with van der Waals surface area (Å²) in [4.78, 5) is 27.9. The molecule has 0 saturated carbocycles. The summed E-state index contributed by atoms with van der Waals surface area (Å²) in [5, 5.41) is 28.5. The Morgan fingerprint density at radius 2 is 1.38 bits per heavy atom. The molecule has 2 amide bonds. The minimum Gasteiger partial charge on any atom is -0.338 e. The summed E-state index contributed by atoms with van der Waals surface area (Å²) in [6, 6.07) is 26.4. The number of carbonyl (C=O) groups excluding carboxylic acids is 2. The number of aryl methyl sites for hydroxylation is 1. The topological polar surface area (TPSA) is 141 Å². The van der Waals surface area contributed by atoms with Crippen molar-refractivity contribution in [2.75, 3.05) is 10.6 Å². The van der Waals surface area contributed by atoms with Crippen LogP contribution in [0.4, 0.5) is 37.7 Å². The second-order valence-electron chi connectivity index (χ2n) is 12.6. The van der Waals surface area contributed by atoms with Crippen LogP contribution in [0.3, 0.4) is 0 Å². The van der Waals surface area contributed by atoms with Gasteiger partial charge < -0.3 is 15.2 Å². The summed E-state index contributed by atoms with van der Waals surface area (Å²) in [5.41, 5.74) is -2.51. The average molecular weight is 765 g/mol. The minimum atomic E-state index is -4.90. The SMILES string of the molecule is Cn1c(C(=O)Nc2ccc(C#N)cc2-c2nnn[nH]2)cc2c(-c3ccccc3C(F)(F)F)cc(-c3ccccc3C(F)(F)F)c(NC(=O)Cc3ccccc3)c21. The predicted octanol–water partition coefficient (Wildman–Crippen LogP) is 9.04. The lowest BCUT2D eigenvalue weighted by molar-refractivity contribution is -0.137. The third kappa shape index (κ3) is 7.17. The summed E-state index contributed by atoms with van der Waals surface area (Å²) in [5.74, 6) is -1.32. The molecule has 2 aromatic heterocycles. The lowest BCUT2D eigenvalue weighted by Gasteiger charge is -2.21. The molecule has 0 atom stereocenters. The maximum atomic E-state index is 14.6. The Hall–Kier alpha value is -7.28. The first kappa shape index (κ1) is 37.1. The first-order valence-corrected chi connectivity index (χ1v) is 16.7. The normalized spacial score (nSPS) is 11.7. The quantitative estimate of drug-likeness (QED) is 0.132. The van der Waals surface area contributed by atoms with Gasteiger partial charge in [0.2, 0.25) is 5.91 Å². The number of nitrogens with zero attached hydrogens (tertiary/aromatic N) is 5. The van der Waals surface area contributed by atoms with Gasteiger partial charge in [-0.1, -0.05) is 66.7 Å². The van der Waals surface area contributed by atoms with Gasteiger partial charge in [0.15, 0.2) is 5.82 Å².